The van der Waals surface area contributed by atoms with Crippen LogP contribution >= 0.6 is 0 Å². The lowest BCUT2D eigenvalue weighted by atomic mass is 9.93. The second-order valence-corrected chi connectivity index (χ2v) is 9.62. The molecule has 0 aliphatic carbocycles. The molecule has 0 saturated carbocycles. The van der Waals surface area contributed by atoms with E-state index in [-0.39, 0.29) is 5.69 Å². The van der Waals surface area contributed by atoms with E-state index in [0.717, 1.165) is 49.7 Å². The summed E-state index contributed by atoms with van der Waals surface area (Å²) < 4.78 is 8.11. The Morgan fingerprint density at radius 3 is 2.46 bits per heavy atom. The Labute approximate surface area is 226 Å². The molecule has 2 heterocycles. The Balaban J connectivity index is 1.43. The van der Waals surface area contributed by atoms with Gasteiger partial charge in [0.15, 0.2) is 0 Å². The minimum Gasteiger partial charge on any atom is -0.493 e. The van der Waals surface area contributed by atoms with E-state index < -0.39 is 5.97 Å². The highest BCUT2D eigenvalue weighted by Crippen LogP contribution is 2.41. The highest BCUT2D eigenvalue weighted by molar-refractivity contribution is 6.13. The molecule has 0 spiro atoms. The summed E-state index contributed by atoms with van der Waals surface area (Å²) in [7, 11) is 0. The van der Waals surface area contributed by atoms with E-state index in [4.69, 9.17) is 4.74 Å². The number of aromatic nitrogens is 2. The summed E-state index contributed by atoms with van der Waals surface area (Å²) in [6.07, 6.45) is 4.09. The lowest BCUT2D eigenvalue weighted by Gasteiger charge is -2.12. The fraction of sp³-hybridized carbons (Fsp3) is 0.118. The monoisotopic (exact) mass is 512 g/mol. The van der Waals surface area contributed by atoms with Gasteiger partial charge in [0.1, 0.15) is 11.4 Å². The van der Waals surface area contributed by atoms with E-state index in [2.05, 4.69) is 48.3 Å². The lowest BCUT2D eigenvalue weighted by Crippen LogP contribution is -2.12. The third kappa shape index (κ3) is 4.53. The Morgan fingerprint density at radius 1 is 0.872 bits per heavy atom. The summed E-state index contributed by atoms with van der Waals surface area (Å²) in [6, 6.07) is 32.3. The maximum atomic E-state index is 12.8. The van der Waals surface area contributed by atoms with Crippen molar-refractivity contribution in [2.45, 2.75) is 19.9 Å². The number of carboxylic acid groups (broad SMARTS) is 1. The van der Waals surface area contributed by atoms with Crippen molar-refractivity contribution in [3.05, 3.63) is 121 Å². The molecule has 6 rings (SSSR count). The molecule has 192 valence electrons. The van der Waals surface area contributed by atoms with Gasteiger partial charge in [-0.05, 0) is 53.6 Å². The smallest absolute Gasteiger partial charge is 0.353 e. The maximum absolute atomic E-state index is 12.8. The van der Waals surface area contributed by atoms with Crippen molar-refractivity contribution in [3.8, 4) is 28.0 Å². The number of pyridine rings is 1. The predicted octanol–water partition coefficient (Wildman–Crippen LogP) is 8.00. The number of ether oxygens (including phenoxy) is 1. The molecule has 4 aromatic carbocycles. The molecular weight excluding hydrogens is 484 g/mol. The van der Waals surface area contributed by atoms with Crippen LogP contribution < -0.4 is 4.74 Å². The summed E-state index contributed by atoms with van der Waals surface area (Å²) in [5.74, 6) is -0.127. The third-order valence-electron chi connectivity index (χ3n) is 7.21. The van der Waals surface area contributed by atoms with Gasteiger partial charge in [-0.15, -0.1) is 0 Å². The topological polar surface area (TPSA) is 64.3 Å². The van der Waals surface area contributed by atoms with E-state index >= 15 is 0 Å². The van der Waals surface area contributed by atoms with Gasteiger partial charge in [-0.1, -0.05) is 78.9 Å². The number of nitrogens with zero attached hydrogens (tertiary/aromatic N) is 2. The molecule has 2 aromatic heterocycles. The molecule has 0 bridgehead atoms. The molecule has 5 nitrogen and oxygen atoms in total. The molecule has 0 aliphatic rings. The maximum Gasteiger partial charge on any atom is 0.353 e. The summed E-state index contributed by atoms with van der Waals surface area (Å²) in [6.45, 7) is 3.05. The van der Waals surface area contributed by atoms with Gasteiger partial charge in [-0.25, -0.2) is 4.79 Å². The van der Waals surface area contributed by atoms with Gasteiger partial charge in [0.2, 0.25) is 0 Å². The van der Waals surface area contributed by atoms with Crippen molar-refractivity contribution in [2.24, 2.45) is 0 Å². The molecule has 0 aliphatic heterocycles. The molecule has 1 N–H and O–H groups in total. The summed E-state index contributed by atoms with van der Waals surface area (Å²) in [5.41, 5.74) is 5.86. The van der Waals surface area contributed by atoms with Crippen LogP contribution in [-0.2, 0) is 6.54 Å². The van der Waals surface area contributed by atoms with Crippen molar-refractivity contribution in [1.29, 1.82) is 0 Å². The van der Waals surface area contributed by atoms with Crippen LogP contribution in [0.5, 0.6) is 5.75 Å². The van der Waals surface area contributed by atoms with E-state index in [1.165, 1.54) is 0 Å². The fourth-order valence-electron chi connectivity index (χ4n) is 5.47. The molecule has 6 aromatic rings. The Morgan fingerprint density at radius 2 is 1.64 bits per heavy atom. The van der Waals surface area contributed by atoms with Crippen LogP contribution in [0.15, 0.2) is 109 Å². The number of carboxylic acids is 1. The third-order valence-corrected chi connectivity index (χ3v) is 7.21. The molecule has 0 unspecified atom stereocenters. The minimum absolute atomic E-state index is 0.268. The molecule has 0 saturated heterocycles. The first kappa shape index (κ1) is 24.4. The normalized spacial score (nSPS) is 11.2. The number of carbonyl (C=O) groups is 1. The number of benzene rings is 4. The second-order valence-electron chi connectivity index (χ2n) is 9.62. The number of rotatable bonds is 8. The van der Waals surface area contributed by atoms with Gasteiger partial charge in [0, 0.05) is 46.4 Å². The van der Waals surface area contributed by atoms with Crippen molar-refractivity contribution >= 4 is 27.6 Å². The number of aryl methyl sites for hydroxylation is 2. The van der Waals surface area contributed by atoms with Crippen LogP contribution in [0.1, 0.15) is 22.5 Å². The van der Waals surface area contributed by atoms with Gasteiger partial charge < -0.3 is 14.4 Å². The van der Waals surface area contributed by atoms with Gasteiger partial charge in [0.05, 0.1) is 6.61 Å². The Bertz CT molecular complexity index is 1800. The zero-order chi connectivity index (χ0) is 26.8. The van der Waals surface area contributed by atoms with Crippen LogP contribution in [0, 0.1) is 6.92 Å². The standard InChI is InChI=1S/C34H28N2O3/c1-23-10-2-4-14-26(23)28-16-7-17-29-32(28)31(25-13-8-19-35-22-25)33(34(37)38)36(29)20-9-21-39-30-18-6-12-24-11-3-5-15-27(24)30/h2-8,10-19,22H,9,20-21H2,1H3,(H,37,38). The van der Waals surface area contributed by atoms with E-state index in [0.29, 0.717) is 25.1 Å². The molecule has 5 heteroatoms. The molecule has 39 heavy (non-hydrogen) atoms. The molecule has 0 amide bonds. The number of aromatic carboxylic acids is 1. The SMILES string of the molecule is Cc1ccccc1-c1cccc2c1c(-c1cccnc1)c(C(=O)O)n2CCCOc1cccc2ccccc12. The molecular formula is C34H28N2O3. The van der Waals surface area contributed by atoms with Crippen molar-refractivity contribution in [3.63, 3.8) is 0 Å². The van der Waals surface area contributed by atoms with Gasteiger partial charge in [-0.3, -0.25) is 4.98 Å². The van der Waals surface area contributed by atoms with Gasteiger partial charge in [0.25, 0.3) is 0 Å². The van der Waals surface area contributed by atoms with Crippen LogP contribution in [0.25, 0.3) is 43.9 Å². The Hall–Kier alpha value is -4.90. The van der Waals surface area contributed by atoms with Gasteiger partial charge >= 0.3 is 5.97 Å². The van der Waals surface area contributed by atoms with Crippen LogP contribution in [0.3, 0.4) is 0 Å². The summed E-state index contributed by atoms with van der Waals surface area (Å²) >= 11 is 0. The van der Waals surface area contributed by atoms with Crippen LogP contribution in [-0.4, -0.2) is 27.2 Å². The van der Waals surface area contributed by atoms with E-state index in [1.54, 1.807) is 12.4 Å². The second kappa shape index (κ2) is 10.5. The summed E-state index contributed by atoms with van der Waals surface area (Å²) in [5, 5.41) is 13.6. The average molecular weight is 513 g/mol. The first-order valence-electron chi connectivity index (χ1n) is 13.1. The quantitative estimate of drug-likeness (QED) is 0.210. The summed E-state index contributed by atoms with van der Waals surface area (Å²) in [4.78, 5) is 17.1. The lowest BCUT2D eigenvalue weighted by molar-refractivity contribution is 0.0686. The number of fused-ring (bicyclic) bond motifs is 2. The van der Waals surface area contributed by atoms with Crippen LogP contribution in [0.4, 0.5) is 0 Å². The first-order chi connectivity index (χ1) is 19.1. The van der Waals surface area contributed by atoms with Crippen molar-refractivity contribution in [2.75, 3.05) is 6.61 Å². The van der Waals surface area contributed by atoms with E-state index in [1.807, 2.05) is 65.2 Å². The highest BCUT2D eigenvalue weighted by Gasteiger charge is 2.26. The van der Waals surface area contributed by atoms with Crippen molar-refractivity contribution < 1.29 is 14.6 Å². The zero-order valence-corrected chi connectivity index (χ0v) is 21.7. The van der Waals surface area contributed by atoms with Gasteiger partial charge in [-0.2, -0.15) is 0 Å². The molecule has 0 radical (unpaired) electrons. The predicted molar refractivity (Wildman–Crippen MR) is 156 cm³/mol. The molecule has 0 fully saturated rings. The first-order valence-corrected chi connectivity index (χ1v) is 13.1. The largest absolute Gasteiger partial charge is 0.493 e. The fourth-order valence-corrected chi connectivity index (χ4v) is 5.47. The number of hydrogen-bond acceptors (Lipinski definition) is 3. The Kier molecular flexibility index (Phi) is 6.55. The number of hydrogen-bond donors (Lipinski definition) is 1. The zero-order valence-electron chi connectivity index (χ0n) is 21.7. The van der Waals surface area contributed by atoms with Crippen molar-refractivity contribution in [1.82, 2.24) is 9.55 Å². The molecule has 0 atom stereocenters. The highest BCUT2D eigenvalue weighted by atomic mass is 16.5. The average Bonchev–Trinajstić information content (AvgIpc) is 3.31. The van der Waals surface area contributed by atoms with E-state index in [9.17, 15) is 9.90 Å². The van der Waals surface area contributed by atoms with Crippen LogP contribution in [0.2, 0.25) is 0 Å². The minimum atomic E-state index is -0.962.